The zero-order valence-electron chi connectivity index (χ0n) is 18.0. The molecule has 2 aromatic rings. The molecule has 0 radical (unpaired) electrons. The number of carbonyl (C=O) groups is 2. The number of rotatable bonds is 6. The molecule has 1 saturated heterocycles. The van der Waals surface area contributed by atoms with E-state index in [2.05, 4.69) is 5.32 Å². The van der Waals surface area contributed by atoms with Crippen LogP contribution in [0.2, 0.25) is 5.02 Å². The summed E-state index contributed by atoms with van der Waals surface area (Å²) in [4.78, 5) is 24.4. The van der Waals surface area contributed by atoms with E-state index < -0.39 is 28.5 Å². The van der Waals surface area contributed by atoms with Gasteiger partial charge in [0.05, 0.1) is 22.8 Å². The number of esters is 1. The molecular weight excluding hydrogens is 456 g/mol. The van der Waals surface area contributed by atoms with Crippen molar-refractivity contribution in [1.29, 1.82) is 0 Å². The molecule has 3 rings (SSSR count). The molecule has 1 fully saturated rings. The number of amides is 1. The van der Waals surface area contributed by atoms with Crippen molar-refractivity contribution in [3.05, 3.63) is 58.6 Å². The summed E-state index contributed by atoms with van der Waals surface area (Å²) in [5.41, 5.74) is 1.46. The van der Waals surface area contributed by atoms with Gasteiger partial charge >= 0.3 is 5.97 Å². The summed E-state index contributed by atoms with van der Waals surface area (Å²) in [7, 11) is -3.96. The van der Waals surface area contributed by atoms with Crippen LogP contribution in [-0.4, -0.2) is 56.5 Å². The molecule has 0 aliphatic carbocycles. The van der Waals surface area contributed by atoms with Crippen LogP contribution in [0, 0.1) is 6.92 Å². The first-order chi connectivity index (χ1) is 15.1. The summed E-state index contributed by atoms with van der Waals surface area (Å²) in [6, 6.07) is 11.0. The Kier molecular flexibility index (Phi) is 7.55. The van der Waals surface area contributed by atoms with Gasteiger partial charge in [-0.1, -0.05) is 29.8 Å². The molecule has 1 N–H and O–H groups in total. The minimum absolute atomic E-state index is 0.00866. The van der Waals surface area contributed by atoms with Crippen molar-refractivity contribution in [2.75, 3.05) is 25.0 Å². The van der Waals surface area contributed by atoms with E-state index in [9.17, 15) is 18.0 Å². The van der Waals surface area contributed by atoms with Gasteiger partial charge < -0.3 is 14.8 Å². The van der Waals surface area contributed by atoms with E-state index in [0.29, 0.717) is 5.69 Å². The lowest BCUT2D eigenvalue weighted by atomic mass is 10.2. The number of ether oxygens (including phenoxy) is 2. The zero-order chi connectivity index (χ0) is 23.5. The predicted molar refractivity (Wildman–Crippen MR) is 120 cm³/mol. The molecule has 172 valence electrons. The molecule has 32 heavy (non-hydrogen) atoms. The number of anilines is 1. The molecule has 2 unspecified atom stereocenters. The number of morpholine rings is 1. The van der Waals surface area contributed by atoms with E-state index in [4.69, 9.17) is 21.1 Å². The van der Waals surface area contributed by atoms with Gasteiger partial charge in [-0.05, 0) is 50.6 Å². The number of sulfonamides is 1. The van der Waals surface area contributed by atoms with Gasteiger partial charge in [0.2, 0.25) is 10.0 Å². The van der Waals surface area contributed by atoms with Gasteiger partial charge in [0.1, 0.15) is 4.90 Å². The number of para-hydroxylation sites is 1. The van der Waals surface area contributed by atoms with E-state index >= 15 is 0 Å². The number of benzene rings is 2. The van der Waals surface area contributed by atoms with Gasteiger partial charge in [0.15, 0.2) is 6.61 Å². The maximum atomic E-state index is 13.1. The summed E-state index contributed by atoms with van der Waals surface area (Å²) in [5.74, 6) is -1.34. The fraction of sp³-hybridized carbons (Fsp3) is 0.364. The van der Waals surface area contributed by atoms with Gasteiger partial charge in [-0.15, -0.1) is 0 Å². The van der Waals surface area contributed by atoms with Crippen molar-refractivity contribution in [3.8, 4) is 0 Å². The van der Waals surface area contributed by atoms with Crippen molar-refractivity contribution >= 4 is 39.2 Å². The van der Waals surface area contributed by atoms with Gasteiger partial charge in [-0.25, -0.2) is 13.2 Å². The van der Waals surface area contributed by atoms with Crippen LogP contribution in [0.5, 0.6) is 0 Å². The molecule has 8 nitrogen and oxygen atoms in total. The Morgan fingerprint density at radius 2 is 1.81 bits per heavy atom. The van der Waals surface area contributed by atoms with Crippen molar-refractivity contribution in [1.82, 2.24) is 4.31 Å². The normalized spacial score (nSPS) is 19.4. The van der Waals surface area contributed by atoms with Gasteiger partial charge in [-0.2, -0.15) is 4.31 Å². The smallest absolute Gasteiger partial charge is 0.338 e. The van der Waals surface area contributed by atoms with Crippen LogP contribution >= 0.6 is 11.6 Å². The molecule has 0 spiro atoms. The summed E-state index contributed by atoms with van der Waals surface area (Å²) >= 11 is 6.16. The Hall–Kier alpha value is -2.46. The van der Waals surface area contributed by atoms with Crippen LogP contribution in [-0.2, 0) is 24.3 Å². The Bertz CT molecular complexity index is 1110. The number of aryl methyl sites for hydroxylation is 1. The Labute approximate surface area is 192 Å². The SMILES string of the molecule is Cc1ccccc1NC(=O)COC(=O)c1ccc(Cl)c(S(=O)(=O)N2CC(C)OC(C)C2)c1. The van der Waals surface area contributed by atoms with E-state index in [0.717, 1.165) is 5.56 Å². The number of nitrogens with zero attached hydrogens (tertiary/aromatic N) is 1. The Morgan fingerprint density at radius 3 is 2.47 bits per heavy atom. The zero-order valence-corrected chi connectivity index (χ0v) is 19.6. The number of hydrogen-bond donors (Lipinski definition) is 1. The first-order valence-corrected chi connectivity index (χ1v) is 11.9. The fourth-order valence-corrected chi connectivity index (χ4v) is 5.50. The lowest BCUT2D eigenvalue weighted by molar-refractivity contribution is -0.119. The van der Waals surface area contributed by atoms with Crippen LogP contribution in [0.1, 0.15) is 29.8 Å². The van der Waals surface area contributed by atoms with Crippen LogP contribution < -0.4 is 5.32 Å². The molecule has 0 aromatic heterocycles. The highest BCUT2D eigenvalue weighted by atomic mass is 35.5. The molecule has 2 aromatic carbocycles. The fourth-order valence-electron chi connectivity index (χ4n) is 3.41. The topological polar surface area (TPSA) is 102 Å². The highest BCUT2D eigenvalue weighted by Gasteiger charge is 2.34. The van der Waals surface area contributed by atoms with Crippen LogP contribution in [0.3, 0.4) is 0 Å². The number of nitrogens with one attached hydrogen (secondary N) is 1. The summed E-state index contributed by atoms with van der Waals surface area (Å²) in [5, 5.41) is 2.65. The lowest BCUT2D eigenvalue weighted by Crippen LogP contribution is -2.48. The average Bonchev–Trinajstić information content (AvgIpc) is 2.73. The quantitative estimate of drug-likeness (QED) is 0.637. The molecule has 0 saturated carbocycles. The minimum atomic E-state index is -3.96. The second kappa shape index (κ2) is 9.99. The standard InChI is InChI=1S/C22H25ClN2O6S/c1-14-6-4-5-7-19(14)24-21(26)13-30-22(27)17-8-9-18(23)20(10-17)32(28,29)25-11-15(2)31-16(3)12-25/h4-10,15-16H,11-13H2,1-3H3,(H,24,26). The average molecular weight is 481 g/mol. The molecule has 2 atom stereocenters. The lowest BCUT2D eigenvalue weighted by Gasteiger charge is -2.34. The minimum Gasteiger partial charge on any atom is -0.452 e. The van der Waals surface area contributed by atoms with Gasteiger partial charge in [-0.3, -0.25) is 4.79 Å². The van der Waals surface area contributed by atoms with Crippen molar-refractivity contribution in [2.45, 2.75) is 37.9 Å². The van der Waals surface area contributed by atoms with Gasteiger partial charge in [0.25, 0.3) is 5.91 Å². The number of hydrogen-bond acceptors (Lipinski definition) is 6. The van der Waals surface area contributed by atoms with E-state index in [1.165, 1.54) is 22.5 Å². The third kappa shape index (κ3) is 5.66. The molecule has 1 amide bonds. The third-order valence-electron chi connectivity index (χ3n) is 4.92. The molecule has 1 heterocycles. The molecule has 1 aliphatic rings. The van der Waals surface area contributed by atoms with Gasteiger partial charge in [0, 0.05) is 18.8 Å². The van der Waals surface area contributed by atoms with Crippen LogP contribution in [0.15, 0.2) is 47.4 Å². The van der Waals surface area contributed by atoms with Crippen LogP contribution in [0.4, 0.5) is 5.69 Å². The Morgan fingerprint density at radius 1 is 1.16 bits per heavy atom. The summed E-state index contributed by atoms with van der Waals surface area (Å²) in [6.07, 6.45) is -0.542. The van der Waals surface area contributed by atoms with Crippen molar-refractivity contribution in [2.24, 2.45) is 0 Å². The first-order valence-electron chi connectivity index (χ1n) is 10.1. The van der Waals surface area contributed by atoms with E-state index in [1.807, 2.05) is 19.1 Å². The summed E-state index contributed by atoms with van der Waals surface area (Å²) < 4.78 is 38.2. The molecule has 0 bridgehead atoms. The van der Waals surface area contributed by atoms with E-state index in [-0.39, 0.29) is 40.8 Å². The first kappa shape index (κ1) is 24.2. The largest absolute Gasteiger partial charge is 0.452 e. The van der Waals surface area contributed by atoms with E-state index in [1.54, 1.807) is 26.0 Å². The Balaban J connectivity index is 1.71. The molecular formula is C22H25ClN2O6S. The highest BCUT2D eigenvalue weighted by Crippen LogP contribution is 2.28. The second-order valence-electron chi connectivity index (χ2n) is 7.66. The molecule has 1 aliphatic heterocycles. The highest BCUT2D eigenvalue weighted by molar-refractivity contribution is 7.89. The van der Waals surface area contributed by atoms with Crippen molar-refractivity contribution in [3.63, 3.8) is 0 Å². The predicted octanol–water partition coefficient (Wildman–Crippen LogP) is 3.24. The maximum Gasteiger partial charge on any atom is 0.338 e. The van der Waals surface area contributed by atoms with Crippen molar-refractivity contribution < 1.29 is 27.5 Å². The monoisotopic (exact) mass is 480 g/mol. The van der Waals surface area contributed by atoms with Crippen LogP contribution in [0.25, 0.3) is 0 Å². The molecule has 10 heteroatoms. The summed E-state index contributed by atoms with van der Waals surface area (Å²) in [6.45, 7) is 5.25. The third-order valence-corrected chi connectivity index (χ3v) is 7.24. The second-order valence-corrected chi connectivity index (χ2v) is 9.98. The number of carbonyl (C=O) groups excluding carboxylic acids is 2. The maximum absolute atomic E-state index is 13.1. The number of halogens is 1.